The topological polar surface area (TPSA) is 37.3 Å². The van der Waals surface area contributed by atoms with Gasteiger partial charge in [0.15, 0.2) is 0 Å². The zero-order chi connectivity index (χ0) is 20.6. The number of aromatic nitrogens is 1. The third-order valence-corrected chi connectivity index (χ3v) is 5.05. The van der Waals surface area contributed by atoms with E-state index in [1.807, 2.05) is 36.1 Å². The first kappa shape index (κ1) is 20.7. The number of carbonyl (C=O) groups is 1. The van der Waals surface area contributed by atoms with E-state index in [1.54, 1.807) is 0 Å². The summed E-state index contributed by atoms with van der Waals surface area (Å²) in [7, 11) is 0. The van der Waals surface area contributed by atoms with Crippen LogP contribution < -0.4 is 5.32 Å². The standard InChI is InChI=1S/C25H31N3O/c1-4-5-14-28(25(29)26-23-12-7-10-21(3)17-23)19-24-13-8-15-27(24)18-22-11-6-9-20(2)16-22/h6-13,15-17H,4-5,14,18-19H2,1-3H3,(H,26,29). The van der Waals surface area contributed by atoms with E-state index in [4.69, 9.17) is 0 Å². The molecule has 0 radical (unpaired) electrons. The van der Waals surface area contributed by atoms with Crippen molar-refractivity contribution < 1.29 is 4.79 Å². The van der Waals surface area contributed by atoms with Crippen LogP contribution in [0.4, 0.5) is 10.5 Å². The van der Waals surface area contributed by atoms with E-state index in [-0.39, 0.29) is 6.03 Å². The highest BCUT2D eigenvalue weighted by Gasteiger charge is 2.16. The van der Waals surface area contributed by atoms with Crippen LogP contribution in [-0.2, 0) is 13.1 Å². The quantitative estimate of drug-likeness (QED) is 0.505. The van der Waals surface area contributed by atoms with Crippen LogP contribution in [0.2, 0.25) is 0 Å². The van der Waals surface area contributed by atoms with Gasteiger partial charge in [0, 0.05) is 30.7 Å². The second-order valence-corrected chi connectivity index (χ2v) is 7.69. The lowest BCUT2D eigenvalue weighted by molar-refractivity contribution is 0.207. The van der Waals surface area contributed by atoms with E-state index < -0.39 is 0 Å². The normalized spacial score (nSPS) is 10.7. The number of aryl methyl sites for hydroxylation is 2. The Morgan fingerprint density at radius 3 is 2.48 bits per heavy atom. The number of rotatable bonds is 8. The highest BCUT2D eigenvalue weighted by Crippen LogP contribution is 2.15. The first-order chi connectivity index (χ1) is 14.0. The maximum atomic E-state index is 13.0. The average Bonchev–Trinajstić information content (AvgIpc) is 3.11. The van der Waals surface area contributed by atoms with Crippen molar-refractivity contribution in [2.24, 2.45) is 0 Å². The van der Waals surface area contributed by atoms with E-state index in [2.05, 4.69) is 66.3 Å². The molecule has 0 atom stereocenters. The van der Waals surface area contributed by atoms with Crippen molar-refractivity contribution in [1.29, 1.82) is 0 Å². The number of hydrogen-bond acceptors (Lipinski definition) is 1. The number of urea groups is 1. The van der Waals surface area contributed by atoms with Gasteiger partial charge in [0.2, 0.25) is 0 Å². The molecule has 0 aliphatic carbocycles. The Morgan fingerprint density at radius 2 is 1.76 bits per heavy atom. The van der Waals surface area contributed by atoms with Gasteiger partial charge in [0.25, 0.3) is 0 Å². The summed E-state index contributed by atoms with van der Waals surface area (Å²) in [5.74, 6) is 0. The van der Waals surface area contributed by atoms with E-state index in [1.165, 1.54) is 11.1 Å². The molecule has 0 fully saturated rings. The molecule has 152 valence electrons. The van der Waals surface area contributed by atoms with Gasteiger partial charge in [0.05, 0.1) is 6.54 Å². The fourth-order valence-corrected chi connectivity index (χ4v) is 3.48. The Bertz CT molecular complexity index is 945. The molecule has 1 aromatic heterocycles. The SMILES string of the molecule is CCCCN(Cc1cccn1Cc1cccc(C)c1)C(=O)Nc1cccc(C)c1. The molecule has 0 unspecified atom stereocenters. The third kappa shape index (κ3) is 5.98. The van der Waals surface area contributed by atoms with E-state index in [0.29, 0.717) is 6.54 Å². The molecule has 3 rings (SSSR count). The first-order valence-electron chi connectivity index (χ1n) is 10.4. The molecule has 1 heterocycles. The Kier molecular flexibility index (Phi) is 7.12. The van der Waals surface area contributed by atoms with E-state index >= 15 is 0 Å². The van der Waals surface area contributed by atoms with Gasteiger partial charge in [-0.05, 0) is 55.7 Å². The van der Waals surface area contributed by atoms with Crippen molar-refractivity contribution in [3.05, 3.63) is 89.2 Å². The van der Waals surface area contributed by atoms with Crippen molar-refractivity contribution in [3.63, 3.8) is 0 Å². The number of nitrogens with one attached hydrogen (secondary N) is 1. The molecule has 2 amide bonds. The number of anilines is 1. The molecule has 29 heavy (non-hydrogen) atoms. The van der Waals surface area contributed by atoms with Crippen LogP contribution in [0.3, 0.4) is 0 Å². The lowest BCUT2D eigenvalue weighted by atomic mass is 10.1. The van der Waals surface area contributed by atoms with Gasteiger partial charge < -0.3 is 14.8 Å². The number of hydrogen-bond donors (Lipinski definition) is 1. The van der Waals surface area contributed by atoms with Crippen LogP contribution in [0.25, 0.3) is 0 Å². The fraction of sp³-hybridized carbons (Fsp3) is 0.320. The molecule has 2 aromatic carbocycles. The predicted molar refractivity (Wildman–Crippen MR) is 120 cm³/mol. The third-order valence-electron chi connectivity index (χ3n) is 5.05. The number of carbonyl (C=O) groups excluding carboxylic acids is 1. The Hall–Kier alpha value is -3.01. The molecule has 4 heteroatoms. The van der Waals surface area contributed by atoms with Gasteiger partial charge in [-0.15, -0.1) is 0 Å². The molecular weight excluding hydrogens is 358 g/mol. The van der Waals surface area contributed by atoms with Crippen molar-refractivity contribution in [2.75, 3.05) is 11.9 Å². The van der Waals surface area contributed by atoms with Gasteiger partial charge in [-0.1, -0.05) is 55.3 Å². The van der Waals surface area contributed by atoms with Crippen LogP contribution in [0.5, 0.6) is 0 Å². The summed E-state index contributed by atoms with van der Waals surface area (Å²) in [5.41, 5.74) is 5.65. The van der Waals surface area contributed by atoms with Crippen molar-refractivity contribution in [1.82, 2.24) is 9.47 Å². The summed E-state index contributed by atoms with van der Waals surface area (Å²) < 4.78 is 2.23. The number of nitrogens with zero attached hydrogens (tertiary/aromatic N) is 2. The molecule has 0 spiro atoms. The zero-order valence-electron chi connectivity index (χ0n) is 17.7. The van der Waals surface area contributed by atoms with Crippen LogP contribution in [0.15, 0.2) is 66.9 Å². The van der Waals surface area contributed by atoms with Gasteiger partial charge in [-0.2, -0.15) is 0 Å². The summed E-state index contributed by atoms with van der Waals surface area (Å²) >= 11 is 0. The summed E-state index contributed by atoms with van der Waals surface area (Å²) in [5, 5.41) is 3.06. The summed E-state index contributed by atoms with van der Waals surface area (Å²) in [6.07, 6.45) is 4.13. The molecule has 0 bridgehead atoms. The second kappa shape index (κ2) is 9.97. The minimum Gasteiger partial charge on any atom is -0.345 e. The van der Waals surface area contributed by atoms with E-state index in [9.17, 15) is 4.79 Å². The van der Waals surface area contributed by atoms with Crippen molar-refractivity contribution >= 4 is 11.7 Å². The fourth-order valence-electron chi connectivity index (χ4n) is 3.48. The Labute approximate surface area is 174 Å². The molecule has 0 saturated heterocycles. The second-order valence-electron chi connectivity index (χ2n) is 7.69. The van der Waals surface area contributed by atoms with Crippen molar-refractivity contribution in [3.8, 4) is 0 Å². The highest BCUT2D eigenvalue weighted by molar-refractivity contribution is 5.89. The van der Waals surface area contributed by atoms with Gasteiger partial charge in [-0.25, -0.2) is 4.79 Å². The summed E-state index contributed by atoms with van der Waals surface area (Å²) in [4.78, 5) is 14.9. The molecule has 0 saturated carbocycles. The van der Waals surface area contributed by atoms with Gasteiger partial charge in [-0.3, -0.25) is 0 Å². The predicted octanol–water partition coefficient (Wildman–Crippen LogP) is 5.99. The monoisotopic (exact) mass is 389 g/mol. The Morgan fingerprint density at radius 1 is 1.00 bits per heavy atom. The summed E-state index contributed by atoms with van der Waals surface area (Å²) in [6.45, 7) is 8.44. The highest BCUT2D eigenvalue weighted by atomic mass is 16.2. The molecular formula is C25H31N3O. The van der Waals surface area contributed by atoms with Crippen LogP contribution in [0, 0.1) is 13.8 Å². The Balaban J connectivity index is 1.73. The molecule has 3 aromatic rings. The number of benzene rings is 2. The lowest BCUT2D eigenvalue weighted by Gasteiger charge is -2.24. The minimum atomic E-state index is -0.0487. The van der Waals surface area contributed by atoms with Crippen LogP contribution >= 0.6 is 0 Å². The molecule has 0 aliphatic rings. The van der Waals surface area contributed by atoms with Crippen molar-refractivity contribution in [2.45, 2.75) is 46.7 Å². The van der Waals surface area contributed by atoms with Gasteiger partial charge >= 0.3 is 6.03 Å². The van der Waals surface area contributed by atoms with Crippen LogP contribution in [0.1, 0.15) is 42.1 Å². The number of unbranched alkanes of at least 4 members (excludes halogenated alkanes) is 1. The number of amides is 2. The maximum absolute atomic E-state index is 13.0. The average molecular weight is 390 g/mol. The molecule has 4 nitrogen and oxygen atoms in total. The maximum Gasteiger partial charge on any atom is 0.322 e. The zero-order valence-corrected chi connectivity index (χ0v) is 17.7. The van der Waals surface area contributed by atoms with Gasteiger partial charge in [0.1, 0.15) is 0 Å². The summed E-state index contributed by atoms with van der Waals surface area (Å²) in [6, 6.07) is 20.6. The lowest BCUT2D eigenvalue weighted by Crippen LogP contribution is -2.36. The van der Waals surface area contributed by atoms with E-state index in [0.717, 1.165) is 42.9 Å². The molecule has 1 N–H and O–H groups in total. The minimum absolute atomic E-state index is 0.0487. The first-order valence-corrected chi connectivity index (χ1v) is 10.4. The van der Waals surface area contributed by atoms with Crippen LogP contribution in [-0.4, -0.2) is 22.0 Å². The largest absolute Gasteiger partial charge is 0.345 e. The molecule has 0 aliphatic heterocycles. The smallest absolute Gasteiger partial charge is 0.322 e.